The minimum Gasteiger partial charge on any atom is -0.464 e. The van der Waals surface area contributed by atoms with Crippen LogP contribution in [0.2, 0.25) is 0 Å². The topological polar surface area (TPSA) is 86.2 Å². The van der Waals surface area contributed by atoms with Crippen molar-refractivity contribution in [3.8, 4) is 0 Å². The second kappa shape index (κ2) is 8.82. The maximum absolute atomic E-state index is 12.7. The number of hydrogen-bond acceptors (Lipinski definition) is 6. The van der Waals surface area contributed by atoms with E-state index in [1.807, 2.05) is 0 Å². The largest absolute Gasteiger partial charge is 0.464 e. The Morgan fingerprint density at radius 1 is 1.09 bits per heavy atom. The molecule has 0 heterocycles. The second-order valence-corrected chi connectivity index (χ2v) is 6.84. The molecular formula is C15H23N2O5P. The third-order valence-corrected chi connectivity index (χ3v) is 4.15. The molecule has 0 aromatic heterocycles. The summed E-state index contributed by atoms with van der Waals surface area (Å²) < 4.78 is 28.0. The summed E-state index contributed by atoms with van der Waals surface area (Å²) in [7, 11) is -2.46. The first kappa shape index (κ1) is 19.4. The van der Waals surface area contributed by atoms with Crippen LogP contribution in [0.15, 0.2) is 35.4 Å². The summed E-state index contributed by atoms with van der Waals surface area (Å²) in [6.07, 6.45) is -0.693. The van der Waals surface area contributed by atoms with Crippen LogP contribution in [0.25, 0.3) is 0 Å². The summed E-state index contributed by atoms with van der Waals surface area (Å²) >= 11 is 0. The van der Waals surface area contributed by atoms with Crippen LogP contribution in [-0.4, -0.2) is 31.0 Å². The molecule has 1 N–H and O–H groups in total. The highest BCUT2D eigenvalue weighted by atomic mass is 31.2. The number of nitrogens with zero attached hydrogens (tertiary/aromatic N) is 1. The van der Waals surface area contributed by atoms with E-state index in [1.54, 1.807) is 58.0 Å². The molecule has 0 aliphatic rings. The normalized spacial score (nSPS) is 12.6. The second-order valence-electron chi connectivity index (χ2n) is 5.22. The van der Waals surface area contributed by atoms with Crippen LogP contribution in [0.1, 0.15) is 33.3 Å². The Labute approximate surface area is 136 Å². The fraction of sp³-hybridized carbons (Fsp3) is 0.467. The summed E-state index contributed by atoms with van der Waals surface area (Å²) in [4.78, 5) is 11.9. The van der Waals surface area contributed by atoms with Gasteiger partial charge in [-0.3, -0.25) is 9.05 Å². The van der Waals surface area contributed by atoms with Gasteiger partial charge in [-0.05, 0) is 27.7 Å². The number of methoxy groups -OCH3 is 1. The lowest BCUT2D eigenvalue weighted by atomic mass is 10.1. The minimum absolute atomic E-state index is 0.0203. The summed E-state index contributed by atoms with van der Waals surface area (Å²) in [6.45, 7) is 6.89. The van der Waals surface area contributed by atoms with E-state index in [0.29, 0.717) is 5.56 Å². The van der Waals surface area contributed by atoms with E-state index in [9.17, 15) is 9.36 Å². The third-order valence-electron chi connectivity index (χ3n) is 2.41. The van der Waals surface area contributed by atoms with Gasteiger partial charge >= 0.3 is 13.7 Å². The van der Waals surface area contributed by atoms with Gasteiger partial charge in [0.15, 0.2) is 5.71 Å². The average molecular weight is 342 g/mol. The zero-order valence-corrected chi connectivity index (χ0v) is 14.9. The Hall–Kier alpha value is -1.69. The fourth-order valence-electron chi connectivity index (χ4n) is 1.66. The molecule has 0 saturated heterocycles. The van der Waals surface area contributed by atoms with E-state index < -0.39 is 13.7 Å². The van der Waals surface area contributed by atoms with Crippen LogP contribution in [0, 0.1) is 0 Å². The zero-order chi connectivity index (χ0) is 17.5. The van der Waals surface area contributed by atoms with Crippen LogP contribution in [-0.2, 0) is 23.1 Å². The van der Waals surface area contributed by atoms with Crippen LogP contribution in [0.5, 0.6) is 0 Å². The molecule has 0 unspecified atom stereocenters. The lowest BCUT2D eigenvalue weighted by Gasteiger charge is -2.21. The third kappa shape index (κ3) is 6.52. The molecule has 0 aliphatic heterocycles. The highest BCUT2D eigenvalue weighted by Gasteiger charge is 2.28. The van der Waals surface area contributed by atoms with Gasteiger partial charge in [0.05, 0.1) is 19.3 Å². The van der Waals surface area contributed by atoms with E-state index >= 15 is 0 Å². The van der Waals surface area contributed by atoms with Crippen LogP contribution in [0.4, 0.5) is 0 Å². The first-order chi connectivity index (χ1) is 10.8. The number of nitrogens with one attached hydrogen (secondary N) is 1. The molecule has 0 radical (unpaired) electrons. The minimum atomic E-state index is -3.70. The van der Waals surface area contributed by atoms with Crippen molar-refractivity contribution < 1.29 is 23.1 Å². The summed E-state index contributed by atoms with van der Waals surface area (Å²) in [6, 6.07) is 8.69. The Kier molecular flexibility index (Phi) is 7.42. The van der Waals surface area contributed by atoms with Crippen molar-refractivity contribution >= 4 is 19.4 Å². The monoisotopic (exact) mass is 342 g/mol. The van der Waals surface area contributed by atoms with E-state index in [4.69, 9.17) is 13.8 Å². The predicted octanol–water partition coefficient (Wildman–Crippen LogP) is 3.11. The molecule has 0 aliphatic carbocycles. The van der Waals surface area contributed by atoms with E-state index in [2.05, 4.69) is 10.3 Å². The molecule has 0 saturated carbocycles. The molecule has 7 nitrogen and oxygen atoms in total. The van der Waals surface area contributed by atoms with Crippen molar-refractivity contribution in [3.63, 3.8) is 0 Å². The number of carbonyl (C=O) groups excluding carboxylic acids is 1. The number of esters is 1. The van der Waals surface area contributed by atoms with Crippen molar-refractivity contribution in [1.82, 2.24) is 5.20 Å². The molecule has 1 rings (SSSR count). The van der Waals surface area contributed by atoms with Gasteiger partial charge in [-0.15, -0.1) is 0 Å². The standard InChI is InChI=1S/C15H23N2O5P/c1-11(2)21-23(19,22-12(3)4)17-16-14(15(18)20-5)13-9-7-6-8-10-13/h6-12H,1-5H3,(H,17,19)/b16-14+. The van der Waals surface area contributed by atoms with Crippen molar-refractivity contribution in [2.24, 2.45) is 5.10 Å². The molecule has 0 amide bonds. The molecule has 0 atom stereocenters. The van der Waals surface area contributed by atoms with E-state index in [1.165, 1.54) is 7.11 Å². The van der Waals surface area contributed by atoms with Gasteiger partial charge in [0.1, 0.15) is 0 Å². The number of hydrogen-bond donors (Lipinski definition) is 1. The van der Waals surface area contributed by atoms with Crippen LogP contribution < -0.4 is 5.20 Å². The Morgan fingerprint density at radius 3 is 2.04 bits per heavy atom. The highest BCUT2D eigenvalue weighted by Crippen LogP contribution is 2.46. The average Bonchev–Trinajstić information content (AvgIpc) is 2.46. The number of carbonyl (C=O) groups is 1. The number of benzene rings is 1. The Balaban J connectivity index is 3.10. The first-order valence-corrected chi connectivity index (χ1v) is 8.77. The molecule has 1 aromatic carbocycles. The van der Waals surface area contributed by atoms with Gasteiger partial charge in [0.25, 0.3) is 0 Å². The molecule has 128 valence electrons. The molecule has 0 bridgehead atoms. The molecule has 23 heavy (non-hydrogen) atoms. The first-order valence-electron chi connectivity index (χ1n) is 7.23. The SMILES string of the molecule is COC(=O)/C(=N/NP(=O)(OC(C)C)OC(C)C)c1ccccc1. The Bertz CT molecular complexity index is 573. The maximum atomic E-state index is 12.7. The smallest absolute Gasteiger partial charge is 0.448 e. The summed E-state index contributed by atoms with van der Waals surface area (Å²) in [5.74, 6) is -0.663. The van der Waals surface area contributed by atoms with Crippen molar-refractivity contribution in [3.05, 3.63) is 35.9 Å². The van der Waals surface area contributed by atoms with Crippen molar-refractivity contribution in [1.29, 1.82) is 0 Å². The fourth-order valence-corrected chi connectivity index (χ4v) is 3.14. The number of ether oxygens (including phenoxy) is 1. The Morgan fingerprint density at radius 2 is 1.61 bits per heavy atom. The molecule has 8 heteroatoms. The van der Waals surface area contributed by atoms with Crippen LogP contribution in [0.3, 0.4) is 0 Å². The number of rotatable bonds is 8. The van der Waals surface area contributed by atoms with E-state index in [0.717, 1.165) is 0 Å². The summed E-state index contributed by atoms with van der Waals surface area (Å²) in [5.41, 5.74) is 0.500. The van der Waals surface area contributed by atoms with Crippen molar-refractivity contribution in [2.75, 3.05) is 7.11 Å². The van der Waals surface area contributed by atoms with Crippen molar-refractivity contribution in [2.45, 2.75) is 39.9 Å². The van der Waals surface area contributed by atoms with Gasteiger partial charge < -0.3 is 4.74 Å². The zero-order valence-electron chi connectivity index (χ0n) is 14.0. The molecule has 1 aromatic rings. The molecule has 0 fully saturated rings. The van der Waals surface area contributed by atoms with Gasteiger partial charge in [-0.1, -0.05) is 30.3 Å². The van der Waals surface area contributed by atoms with E-state index in [-0.39, 0.29) is 17.9 Å². The van der Waals surface area contributed by atoms with Gasteiger partial charge in [0, 0.05) is 5.56 Å². The predicted molar refractivity (Wildman–Crippen MR) is 88.2 cm³/mol. The quantitative estimate of drug-likeness (QED) is 0.338. The summed E-state index contributed by atoms with van der Waals surface area (Å²) in [5, 5.41) is 6.29. The maximum Gasteiger partial charge on any atom is 0.448 e. The van der Waals surface area contributed by atoms with Gasteiger partial charge in [-0.25, -0.2) is 14.6 Å². The highest BCUT2D eigenvalue weighted by molar-refractivity contribution is 7.51. The van der Waals surface area contributed by atoms with Crippen LogP contribution >= 0.6 is 7.75 Å². The van der Waals surface area contributed by atoms with Gasteiger partial charge in [0.2, 0.25) is 0 Å². The number of hydrazone groups is 1. The lowest BCUT2D eigenvalue weighted by molar-refractivity contribution is -0.132. The molecule has 0 spiro atoms. The lowest BCUT2D eigenvalue weighted by Crippen LogP contribution is -2.22. The van der Waals surface area contributed by atoms with Gasteiger partial charge in [-0.2, -0.15) is 5.10 Å². The molecular weight excluding hydrogens is 319 g/mol.